The minimum absolute atomic E-state index is 0.0599. The van der Waals surface area contributed by atoms with Crippen molar-refractivity contribution in [3.63, 3.8) is 0 Å². The molecule has 1 unspecified atom stereocenters. The summed E-state index contributed by atoms with van der Waals surface area (Å²) in [5.74, 6) is -1.06. The van der Waals surface area contributed by atoms with Crippen molar-refractivity contribution in [2.45, 2.75) is 18.7 Å². The monoisotopic (exact) mass is 481 g/mol. The van der Waals surface area contributed by atoms with E-state index in [1.807, 2.05) is 12.1 Å². The van der Waals surface area contributed by atoms with Crippen LogP contribution >= 0.6 is 15.9 Å². The highest BCUT2D eigenvalue weighted by molar-refractivity contribution is 9.10. The molecule has 0 spiro atoms. The normalized spacial score (nSPS) is 16.7. The van der Waals surface area contributed by atoms with Crippen molar-refractivity contribution in [1.82, 2.24) is 15.0 Å². The van der Waals surface area contributed by atoms with E-state index in [1.54, 1.807) is 41.3 Å². The average molecular weight is 482 g/mol. The van der Waals surface area contributed by atoms with Gasteiger partial charge >= 0.3 is 12.1 Å². The van der Waals surface area contributed by atoms with Crippen LogP contribution in [0.4, 0.5) is 13.2 Å². The molecule has 0 N–H and O–H groups in total. The fourth-order valence-electron chi connectivity index (χ4n) is 3.14. The number of benzene rings is 2. The minimum atomic E-state index is -4.68. The molecular weight excluding hydrogens is 467 g/mol. The highest BCUT2D eigenvalue weighted by atomic mass is 79.9. The predicted molar refractivity (Wildman–Crippen MR) is 104 cm³/mol. The van der Waals surface area contributed by atoms with Gasteiger partial charge < -0.3 is 14.2 Å². The molecule has 1 aliphatic rings. The van der Waals surface area contributed by atoms with Gasteiger partial charge in [-0.15, -0.1) is 0 Å². The van der Waals surface area contributed by atoms with Crippen LogP contribution in [0.5, 0.6) is 5.75 Å². The summed E-state index contributed by atoms with van der Waals surface area (Å²) >= 11 is 3.36. The number of hydrogen-bond acceptors (Lipinski definition) is 5. The summed E-state index contributed by atoms with van der Waals surface area (Å²) in [5, 5.41) is 3.36. The lowest BCUT2D eigenvalue weighted by Gasteiger charge is -2.17. The summed E-state index contributed by atoms with van der Waals surface area (Å²) in [4.78, 5) is 17.7. The molecule has 156 valence electrons. The van der Waals surface area contributed by atoms with Gasteiger partial charge in [-0.3, -0.25) is 4.79 Å². The SMILES string of the molecule is O=C(c1cccc(Br)c1)N1CCC(Oc2ccc(-c3noc(C(F)(F)F)n3)cc2)C1. The van der Waals surface area contributed by atoms with Gasteiger partial charge in [0, 0.05) is 28.6 Å². The molecule has 1 aromatic heterocycles. The maximum atomic E-state index is 12.6. The Labute approximate surface area is 177 Å². The van der Waals surface area contributed by atoms with Crippen molar-refractivity contribution in [3.05, 3.63) is 64.5 Å². The number of carbonyl (C=O) groups excluding carboxylic acids is 1. The minimum Gasteiger partial charge on any atom is -0.489 e. The number of likely N-dealkylation sites (tertiary alicyclic amines) is 1. The third-order valence-corrected chi connectivity index (χ3v) is 5.08. The molecule has 1 fully saturated rings. The smallest absolute Gasteiger partial charge is 0.471 e. The Kier molecular flexibility index (Phi) is 5.50. The van der Waals surface area contributed by atoms with Gasteiger partial charge in [0.1, 0.15) is 11.9 Å². The molecule has 2 heterocycles. The Hall–Kier alpha value is -2.88. The Balaban J connectivity index is 1.37. The molecule has 0 bridgehead atoms. The summed E-state index contributed by atoms with van der Waals surface area (Å²) in [6, 6.07) is 13.6. The van der Waals surface area contributed by atoms with Crippen molar-refractivity contribution in [2.75, 3.05) is 13.1 Å². The number of halogens is 4. The Bertz CT molecular complexity index is 1050. The van der Waals surface area contributed by atoms with Gasteiger partial charge in [-0.05, 0) is 42.5 Å². The number of nitrogens with zero attached hydrogens (tertiary/aromatic N) is 3. The maximum absolute atomic E-state index is 12.6. The molecule has 30 heavy (non-hydrogen) atoms. The number of ether oxygens (including phenoxy) is 1. The highest BCUT2D eigenvalue weighted by Crippen LogP contribution is 2.30. The van der Waals surface area contributed by atoms with Crippen LogP contribution in [-0.4, -0.2) is 40.1 Å². The van der Waals surface area contributed by atoms with E-state index in [0.717, 1.165) is 4.47 Å². The molecule has 1 saturated heterocycles. The number of carbonyl (C=O) groups is 1. The van der Waals surface area contributed by atoms with Crippen molar-refractivity contribution < 1.29 is 27.2 Å². The highest BCUT2D eigenvalue weighted by Gasteiger charge is 2.38. The van der Waals surface area contributed by atoms with Crippen LogP contribution in [0.2, 0.25) is 0 Å². The Morgan fingerprint density at radius 2 is 1.97 bits per heavy atom. The molecule has 0 saturated carbocycles. The van der Waals surface area contributed by atoms with E-state index >= 15 is 0 Å². The van der Waals surface area contributed by atoms with Crippen molar-refractivity contribution in [1.29, 1.82) is 0 Å². The van der Waals surface area contributed by atoms with Gasteiger partial charge in [-0.25, -0.2) is 0 Å². The zero-order valence-electron chi connectivity index (χ0n) is 15.4. The predicted octanol–water partition coefficient (Wildman–Crippen LogP) is 4.81. The maximum Gasteiger partial charge on any atom is 0.471 e. The third kappa shape index (κ3) is 4.48. The van der Waals surface area contributed by atoms with Crippen LogP contribution in [0.1, 0.15) is 22.7 Å². The van der Waals surface area contributed by atoms with Crippen LogP contribution < -0.4 is 4.74 Å². The standard InChI is InChI=1S/C20H15BrF3N3O3/c21-14-3-1-2-13(10-14)18(28)27-9-8-16(11-27)29-15-6-4-12(5-7-15)17-25-19(30-26-17)20(22,23)24/h1-7,10,16H,8-9,11H2. The lowest BCUT2D eigenvalue weighted by molar-refractivity contribution is -0.159. The van der Waals surface area contributed by atoms with E-state index < -0.39 is 12.1 Å². The Morgan fingerprint density at radius 3 is 2.63 bits per heavy atom. The fraction of sp³-hybridized carbons (Fsp3) is 0.250. The van der Waals surface area contributed by atoms with Gasteiger partial charge in [-0.1, -0.05) is 27.2 Å². The van der Waals surface area contributed by atoms with Crippen LogP contribution in [0.25, 0.3) is 11.4 Å². The first-order valence-corrected chi connectivity index (χ1v) is 9.82. The molecular formula is C20H15BrF3N3O3. The van der Waals surface area contributed by atoms with Gasteiger partial charge in [0.25, 0.3) is 5.91 Å². The summed E-state index contributed by atoms with van der Waals surface area (Å²) < 4.78 is 48.7. The quantitative estimate of drug-likeness (QED) is 0.534. The van der Waals surface area contributed by atoms with Gasteiger partial charge in [0.15, 0.2) is 0 Å². The fourth-order valence-corrected chi connectivity index (χ4v) is 3.54. The third-order valence-electron chi connectivity index (χ3n) is 4.59. The van der Waals surface area contributed by atoms with Crippen molar-refractivity contribution >= 4 is 21.8 Å². The van der Waals surface area contributed by atoms with Crippen LogP contribution in [0.15, 0.2) is 57.5 Å². The molecule has 10 heteroatoms. The molecule has 0 radical (unpaired) electrons. The zero-order chi connectivity index (χ0) is 21.3. The van der Waals surface area contributed by atoms with E-state index in [4.69, 9.17) is 4.74 Å². The molecule has 3 aromatic rings. The number of alkyl halides is 3. The van der Waals surface area contributed by atoms with E-state index in [9.17, 15) is 18.0 Å². The summed E-state index contributed by atoms with van der Waals surface area (Å²) in [6.45, 7) is 1.03. The second-order valence-corrected chi connectivity index (χ2v) is 7.65. The molecule has 4 rings (SSSR count). The number of aromatic nitrogens is 2. The van der Waals surface area contributed by atoms with Crippen LogP contribution in [-0.2, 0) is 6.18 Å². The number of amides is 1. The molecule has 0 aliphatic carbocycles. The van der Waals surface area contributed by atoms with Gasteiger partial charge in [-0.2, -0.15) is 18.2 Å². The van der Waals surface area contributed by atoms with Gasteiger partial charge in [0.2, 0.25) is 5.82 Å². The lowest BCUT2D eigenvalue weighted by Crippen LogP contribution is -2.30. The first kappa shape index (κ1) is 20.4. The zero-order valence-corrected chi connectivity index (χ0v) is 17.0. The second-order valence-electron chi connectivity index (χ2n) is 6.74. The molecule has 6 nitrogen and oxygen atoms in total. The summed E-state index contributed by atoms with van der Waals surface area (Å²) in [7, 11) is 0. The number of rotatable bonds is 4. The molecule has 2 aromatic carbocycles. The van der Waals surface area contributed by atoms with E-state index in [-0.39, 0.29) is 17.8 Å². The lowest BCUT2D eigenvalue weighted by atomic mass is 10.2. The van der Waals surface area contributed by atoms with E-state index in [1.165, 1.54) is 0 Å². The van der Waals surface area contributed by atoms with E-state index in [2.05, 4.69) is 30.6 Å². The molecule has 1 amide bonds. The van der Waals surface area contributed by atoms with Crippen molar-refractivity contribution in [2.24, 2.45) is 0 Å². The number of hydrogen-bond donors (Lipinski definition) is 0. The summed E-state index contributed by atoms with van der Waals surface area (Å²) in [6.07, 6.45) is -4.18. The second kappa shape index (κ2) is 8.10. The van der Waals surface area contributed by atoms with Crippen LogP contribution in [0, 0.1) is 0 Å². The van der Waals surface area contributed by atoms with Gasteiger partial charge in [0.05, 0.1) is 6.54 Å². The largest absolute Gasteiger partial charge is 0.489 e. The molecule has 1 aliphatic heterocycles. The molecule has 1 atom stereocenters. The first-order valence-electron chi connectivity index (χ1n) is 9.02. The Morgan fingerprint density at radius 1 is 1.20 bits per heavy atom. The summed E-state index contributed by atoms with van der Waals surface area (Å²) in [5.41, 5.74) is 0.979. The average Bonchev–Trinajstić information content (AvgIpc) is 3.38. The topological polar surface area (TPSA) is 68.5 Å². The van der Waals surface area contributed by atoms with E-state index in [0.29, 0.717) is 36.4 Å². The van der Waals surface area contributed by atoms with Crippen LogP contribution in [0.3, 0.4) is 0 Å². The first-order chi connectivity index (χ1) is 14.3. The van der Waals surface area contributed by atoms with Crippen molar-refractivity contribution in [3.8, 4) is 17.1 Å².